The van der Waals surface area contributed by atoms with E-state index in [1.165, 1.54) is 24.1 Å². The molecule has 4 nitrogen and oxygen atoms in total. The summed E-state index contributed by atoms with van der Waals surface area (Å²) in [6, 6.07) is 5.96. The lowest BCUT2D eigenvalue weighted by Gasteiger charge is -2.20. The highest BCUT2D eigenvalue weighted by Gasteiger charge is 2.31. The fourth-order valence-corrected chi connectivity index (χ4v) is 2.34. The predicted molar refractivity (Wildman–Crippen MR) is 79.9 cm³/mol. The molecule has 106 valence electrons. The number of hydrogen-bond acceptors (Lipinski definition) is 3. The largest absolute Gasteiger partial charge is 0.308 e. The van der Waals surface area contributed by atoms with Crippen molar-refractivity contribution in [2.45, 2.75) is 51.6 Å². The highest BCUT2D eigenvalue weighted by Crippen LogP contribution is 2.42. The summed E-state index contributed by atoms with van der Waals surface area (Å²) in [5, 5.41) is 8.11. The van der Waals surface area contributed by atoms with Crippen LogP contribution in [0.5, 0.6) is 0 Å². The van der Waals surface area contributed by atoms with Gasteiger partial charge in [-0.25, -0.2) is 9.67 Å². The monoisotopic (exact) mass is 270 g/mol. The first-order valence-corrected chi connectivity index (χ1v) is 7.28. The lowest BCUT2D eigenvalue weighted by molar-refractivity contribution is 0.423. The Morgan fingerprint density at radius 2 is 2.10 bits per heavy atom. The Morgan fingerprint density at radius 3 is 2.70 bits per heavy atom. The molecule has 1 saturated carbocycles. The molecule has 2 aromatic rings. The van der Waals surface area contributed by atoms with E-state index in [9.17, 15) is 0 Å². The Balaban J connectivity index is 1.91. The van der Waals surface area contributed by atoms with E-state index in [1.54, 1.807) is 0 Å². The smallest absolute Gasteiger partial charge is 0.153 e. The summed E-state index contributed by atoms with van der Waals surface area (Å²) >= 11 is 0. The predicted octanol–water partition coefficient (Wildman–Crippen LogP) is 3.03. The van der Waals surface area contributed by atoms with Crippen LogP contribution in [-0.2, 0) is 6.54 Å². The maximum atomic E-state index is 4.56. The van der Waals surface area contributed by atoms with Crippen molar-refractivity contribution < 1.29 is 0 Å². The van der Waals surface area contributed by atoms with Crippen molar-refractivity contribution >= 4 is 0 Å². The van der Waals surface area contributed by atoms with Crippen LogP contribution < -0.4 is 5.32 Å². The number of aromatic nitrogens is 3. The van der Waals surface area contributed by atoms with Gasteiger partial charge in [-0.15, -0.1) is 0 Å². The van der Waals surface area contributed by atoms with Crippen LogP contribution in [0.25, 0.3) is 5.82 Å². The molecule has 20 heavy (non-hydrogen) atoms. The third-order valence-corrected chi connectivity index (χ3v) is 3.53. The van der Waals surface area contributed by atoms with Crippen LogP contribution in [0, 0.1) is 0 Å². The third-order valence-electron chi connectivity index (χ3n) is 3.53. The number of rotatable bonds is 4. The van der Waals surface area contributed by atoms with Gasteiger partial charge in [0.2, 0.25) is 0 Å². The molecule has 1 aliphatic rings. The molecule has 1 aliphatic carbocycles. The molecule has 0 bridgehead atoms. The Hall–Kier alpha value is -1.68. The van der Waals surface area contributed by atoms with E-state index in [4.69, 9.17) is 0 Å². The molecule has 0 aromatic carbocycles. The van der Waals surface area contributed by atoms with Gasteiger partial charge in [-0.1, -0.05) is 6.07 Å². The Bertz CT molecular complexity index is 576. The summed E-state index contributed by atoms with van der Waals surface area (Å²) in [5.74, 6) is 1.56. The molecule has 0 saturated heterocycles. The molecule has 0 radical (unpaired) electrons. The molecule has 1 N–H and O–H groups in total. The molecule has 3 rings (SSSR count). The normalized spacial score (nSPS) is 15.6. The molecule has 0 atom stereocenters. The van der Waals surface area contributed by atoms with Crippen LogP contribution in [0.15, 0.2) is 30.6 Å². The van der Waals surface area contributed by atoms with E-state index in [0.29, 0.717) is 5.92 Å². The fraction of sp³-hybridized carbons (Fsp3) is 0.500. The summed E-state index contributed by atoms with van der Waals surface area (Å²) in [6.45, 7) is 7.43. The second kappa shape index (κ2) is 5.02. The van der Waals surface area contributed by atoms with Crippen molar-refractivity contribution in [3.63, 3.8) is 0 Å². The summed E-state index contributed by atoms with van der Waals surface area (Å²) in [4.78, 5) is 4.42. The van der Waals surface area contributed by atoms with E-state index >= 15 is 0 Å². The molecular formula is C16H22N4. The minimum Gasteiger partial charge on any atom is -0.308 e. The van der Waals surface area contributed by atoms with E-state index in [-0.39, 0.29) is 5.54 Å². The summed E-state index contributed by atoms with van der Waals surface area (Å²) < 4.78 is 2.01. The number of pyridine rings is 1. The highest BCUT2D eigenvalue weighted by molar-refractivity contribution is 5.33. The average Bonchev–Trinajstić information content (AvgIpc) is 3.16. The zero-order chi connectivity index (χ0) is 14.2. The van der Waals surface area contributed by atoms with Crippen molar-refractivity contribution in [1.82, 2.24) is 20.1 Å². The minimum atomic E-state index is 0.119. The van der Waals surface area contributed by atoms with Gasteiger partial charge in [-0.05, 0) is 45.7 Å². The Kier molecular flexibility index (Phi) is 3.34. The summed E-state index contributed by atoms with van der Waals surface area (Å²) in [7, 11) is 0. The van der Waals surface area contributed by atoms with E-state index in [2.05, 4.69) is 36.2 Å². The van der Waals surface area contributed by atoms with E-state index in [0.717, 1.165) is 12.4 Å². The van der Waals surface area contributed by atoms with Crippen LogP contribution in [0.4, 0.5) is 0 Å². The maximum absolute atomic E-state index is 4.56. The molecule has 2 aromatic heterocycles. The summed E-state index contributed by atoms with van der Waals surface area (Å²) in [5.41, 5.74) is 2.75. The standard InChI is InChI=1S/C16H22N4/c1-16(2,3)18-10-13-11-19-20(15(13)12-7-8-12)14-6-4-5-9-17-14/h4-6,9,11-12,18H,7-8,10H2,1-3H3. The van der Waals surface area contributed by atoms with Crippen molar-refractivity contribution in [2.24, 2.45) is 0 Å². The Labute approximate surface area is 120 Å². The number of nitrogens with one attached hydrogen (secondary N) is 1. The topological polar surface area (TPSA) is 42.7 Å². The first-order valence-electron chi connectivity index (χ1n) is 7.28. The zero-order valence-corrected chi connectivity index (χ0v) is 12.4. The quantitative estimate of drug-likeness (QED) is 0.928. The van der Waals surface area contributed by atoms with Crippen LogP contribution >= 0.6 is 0 Å². The lowest BCUT2D eigenvalue weighted by Crippen LogP contribution is -2.35. The molecule has 0 aliphatic heterocycles. The van der Waals surface area contributed by atoms with Gasteiger partial charge >= 0.3 is 0 Å². The van der Waals surface area contributed by atoms with Gasteiger partial charge in [0.25, 0.3) is 0 Å². The molecule has 0 spiro atoms. The Morgan fingerprint density at radius 1 is 1.30 bits per heavy atom. The van der Waals surface area contributed by atoms with Gasteiger partial charge in [-0.3, -0.25) is 0 Å². The summed E-state index contributed by atoms with van der Waals surface area (Å²) in [6.07, 6.45) is 6.34. The second-order valence-electron chi connectivity index (χ2n) is 6.53. The molecule has 1 fully saturated rings. The number of nitrogens with zero attached hydrogens (tertiary/aromatic N) is 3. The molecule has 0 unspecified atom stereocenters. The van der Waals surface area contributed by atoms with Crippen LogP contribution in [0.1, 0.15) is 50.8 Å². The van der Waals surface area contributed by atoms with Crippen LogP contribution in [0.2, 0.25) is 0 Å². The van der Waals surface area contributed by atoms with Crippen molar-refractivity contribution in [2.75, 3.05) is 0 Å². The lowest BCUT2D eigenvalue weighted by atomic mass is 10.1. The van der Waals surface area contributed by atoms with E-state index in [1.807, 2.05) is 35.3 Å². The van der Waals surface area contributed by atoms with Gasteiger partial charge in [0.05, 0.1) is 11.9 Å². The zero-order valence-electron chi connectivity index (χ0n) is 12.4. The first-order chi connectivity index (χ1) is 9.54. The molecular weight excluding hydrogens is 248 g/mol. The maximum Gasteiger partial charge on any atom is 0.153 e. The van der Waals surface area contributed by atoms with Crippen LogP contribution in [-0.4, -0.2) is 20.3 Å². The van der Waals surface area contributed by atoms with E-state index < -0.39 is 0 Å². The van der Waals surface area contributed by atoms with Gasteiger partial charge < -0.3 is 5.32 Å². The van der Waals surface area contributed by atoms with Crippen molar-refractivity contribution in [3.8, 4) is 5.82 Å². The molecule has 2 heterocycles. The molecule has 0 amide bonds. The van der Waals surface area contributed by atoms with Crippen LogP contribution in [0.3, 0.4) is 0 Å². The molecule has 4 heteroatoms. The van der Waals surface area contributed by atoms with Gasteiger partial charge in [0.15, 0.2) is 5.82 Å². The third kappa shape index (κ3) is 2.90. The van der Waals surface area contributed by atoms with Crippen molar-refractivity contribution in [1.29, 1.82) is 0 Å². The van der Waals surface area contributed by atoms with Gasteiger partial charge in [0, 0.05) is 29.8 Å². The number of hydrogen-bond donors (Lipinski definition) is 1. The van der Waals surface area contributed by atoms with Gasteiger partial charge in [-0.2, -0.15) is 5.10 Å². The second-order valence-corrected chi connectivity index (χ2v) is 6.53. The first kappa shape index (κ1) is 13.3. The minimum absolute atomic E-state index is 0.119. The average molecular weight is 270 g/mol. The fourth-order valence-electron chi connectivity index (χ4n) is 2.34. The van der Waals surface area contributed by atoms with Crippen molar-refractivity contribution in [3.05, 3.63) is 41.9 Å². The highest BCUT2D eigenvalue weighted by atomic mass is 15.3. The SMILES string of the molecule is CC(C)(C)NCc1cnn(-c2ccccn2)c1C1CC1. The van der Waals surface area contributed by atoms with Gasteiger partial charge in [0.1, 0.15) is 0 Å².